The molecule has 2 aliphatic rings. The van der Waals surface area contributed by atoms with E-state index in [0.717, 1.165) is 13.2 Å². The molecule has 3 heteroatoms. The summed E-state index contributed by atoms with van der Waals surface area (Å²) in [6.07, 6.45) is 5.85. The summed E-state index contributed by atoms with van der Waals surface area (Å²) in [7, 11) is 1.76. The molecule has 0 amide bonds. The molecule has 0 aromatic carbocycles. The summed E-state index contributed by atoms with van der Waals surface area (Å²) in [5.74, 6) is 0. The number of hydrogen-bond donors (Lipinski definition) is 0. The first-order valence-electron chi connectivity index (χ1n) is 4.92. The lowest BCUT2D eigenvalue weighted by Gasteiger charge is -2.37. The zero-order valence-corrected chi connectivity index (χ0v) is 8.85. The average molecular weight is 188 g/mol. The fraction of sp³-hybridized carbons (Fsp3) is 1.00. The molecule has 2 rings (SSSR count). The predicted octanol–water partition coefficient (Wildman–Crippen LogP) is 0.980. The van der Waals surface area contributed by atoms with E-state index in [0.29, 0.717) is 0 Å². The Morgan fingerprint density at radius 1 is 1.00 bits per heavy atom. The van der Waals surface area contributed by atoms with Crippen LogP contribution < -0.4 is 0 Å². The van der Waals surface area contributed by atoms with Gasteiger partial charge in [-0.05, 0) is 7.05 Å². The van der Waals surface area contributed by atoms with Gasteiger partial charge in [-0.15, -0.1) is 0 Å². The van der Waals surface area contributed by atoms with E-state index in [1.54, 1.807) is 0 Å². The van der Waals surface area contributed by atoms with Crippen molar-refractivity contribution in [3.8, 4) is 0 Å². The summed E-state index contributed by atoms with van der Waals surface area (Å²) in [6, 6.07) is 0. The second kappa shape index (κ2) is 3.61. The highest BCUT2D eigenvalue weighted by atomic mass is 31.2. The first-order chi connectivity index (χ1) is 5.81. The van der Waals surface area contributed by atoms with Crippen LogP contribution in [0.2, 0.25) is 0 Å². The van der Waals surface area contributed by atoms with Crippen LogP contribution in [0.5, 0.6) is 0 Å². The van der Waals surface area contributed by atoms with Gasteiger partial charge in [0.25, 0.3) is 0 Å². The molecule has 2 heterocycles. The van der Waals surface area contributed by atoms with Gasteiger partial charge in [0, 0.05) is 20.4 Å². The van der Waals surface area contributed by atoms with Crippen molar-refractivity contribution in [3.63, 3.8) is 0 Å². The maximum Gasteiger partial charge on any atom is 0.0829 e. The minimum absolute atomic E-state index is 0.488. The molecule has 0 aromatic rings. The molecule has 2 saturated heterocycles. The lowest BCUT2D eigenvalue weighted by Crippen LogP contribution is -2.38. The SMILES string of the molecule is CN1CC[P+]2(CCOCC2)CC1. The molecule has 12 heavy (non-hydrogen) atoms. The summed E-state index contributed by atoms with van der Waals surface area (Å²) in [5.41, 5.74) is 0. The molecule has 0 N–H and O–H groups in total. The van der Waals surface area contributed by atoms with Crippen LogP contribution in [-0.4, -0.2) is 62.9 Å². The third-order valence-corrected chi connectivity index (χ3v) is 7.89. The van der Waals surface area contributed by atoms with Gasteiger partial charge in [0.15, 0.2) is 0 Å². The van der Waals surface area contributed by atoms with Crippen molar-refractivity contribution in [2.45, 2.75) is 0 Å². The van der Waals surface area contributed by atoms with Crippen molar-refractivity contribution in [1.82, 2.24) is 4.90 Å². The van der Waals surface area contributed by atoms with Gasteiger partial charge in [-0.3, -0.25) is 4.90 Å². The molecule has 0 bridgehead atoms. The van der Waals surface area contributed by atoms with Crippen molar-refractivity contribution >= 4 is 7.26 Å². The summed E-state index contributed by atoms with van der Waals surface area (Å²) in [5, 5.41) is 0. The van der Waals surface area contributed by atoms with Crippen molar-refractivity contribution in [2.75, 3.05) is 58.0 Å². The van der Waals surface area contributed by atoms with Crippen LogP contribution in [0.25, 0.3) is 0 Å². The Kier molecular flexibility index (Phi) is 2.69. The number of ether oxygens (including phenoxy) is 1. The Morgan fingerprint density at radius 2 is 1.58 bits per heavy atom. The molecule has 70 valence electrons. The van der Waals surface area contributed by atoms with Crippen LogP contribution >= 0.6 is 7.26 Å². The smallest absolute Gasteiger partial charge is 0.0829 e. The normalized spacial score (nSPS) is 30.8. The van der Waals surface area contributed by atoms with E-state index in [1.165, 1.54) is 37.7 Å². The van der Waals surface area contributed by atoms with E-state index in [-0.39, 0.29) is 0 Å². The molecule has 0 radical (unpaired) electrons. The quantitative estimate of drug-likeness (QED) is 0.525. The minimum atomic E-state index is -0.488. The van der Waals surface area contributed by atoms with Crippen LogP contribution in [0.15, 0.2) is 0 Å². The second-order valence-corrected chi connectivity index (χ2v) is 8.62. The van der Waals surface area contributed by atoms with Crippen molar-refractivity contribution in [1.29, 1.82) is 0 Å². The summed E-state index contributed by atoms with van der Waals surface area (Å²) in [4.78, 5) is 2.47. The van der Waals surface area contributed by atoms with E-state index in [1.807, 2.05) is 0 Å². The van der Waals surface area contributed by atoms with Gasteiger partial charge in [-0.25, -0.2) is 0 Å². The molecule has 0 saturated carbocycles. The number of nitrogens with zero attached hydrogens (tertiary/aromatic N) is 1. The first-order valence-corrected chi connectivity index (χ1v) is 7.45. The molecule has 2 aliphatic heterocycles. The molecule has 0 aromatic heterocycles. The predicted molar refractivity (Wildman–Crippen MR) is 54.7 cm³/mol. The zero-order valence-electron chi connectivity index (χ0n) is 7.96. The van der Waals surface area contributed by atoms with Gasteiger partial charge in [0.1, 0.15) is 0 Å². The first kappa shape index (κ1) is 8.93. The third-order valence-electron chi connectivity index (χ3n) is 3.33. The summed E-state index contributed by atoms with van der Waals surface area (Å²) >= 11 is 0. The molecule has 1 spiro atoms. The van der Waals surface area contributed by atoms with E-state index >= 15 is 0 Å². The van der Waals surface area contributed by atoms with Crippen LogP contribution in [0.1, 0.15) is 0 Å². The second-order valence-electron chi connectivity index (χ2n) is 4.15. The van der Waals surface area contributed by atoms with Crippen LogP contribution in [0.4, 0.5) is 0 Å². The van der Waals surface area contributed by atoms with Crippen molar-refractivity contribution in [3.05, 3.63) is 0 Å². The molecule has 0 aliphatic carbocycles. The lowest BCUT2D eigenvalue weighted by atomic mass is 10.5. The van der Waals surface area contributed by atoms with Gasteiger partial charge in [0.05, 0.1) is 37.9 Å². The topological polar surface area (TPSA) is 12.5 Å². The van der Waals surface area contributed by atoms with Gasteiger partial charge >= 0.3 is 0 Å². The Bertz CT molecular complexity index is 147. The fourth-order valence-corrected chi connectivity index (χ4v) is 6.07. The monoisotopic (exact) mass is 188 g/mol. The van der Waals surface area contributed by atoms with Crippen LogP contribution in [0.3, 0.4) is 0 Å². The maximum atomic E-state index is 5.44. The van der Waals surface area contributed by atoms with Gasteiger partial charge < -0.3 is 4.74 Å². The maximum absolute atomic E-state index is 5.44. The Balaban J connectivity index is 1.92. The standard InChI is InChI=1S/C9H19NOP/c1-10-2-6-12(7-3-10)8-4-11-5-9-12/h2-9H2,1H3/q+1. The van der Waals surface area contributed by atoms with Crippen molar-refractivity contribution in [2.24, 2.45) is 0 Å². The molecule has 2 nitrogen and oxygen atoms in total. The van der Waals surface area contributed by atoms with Crippen LogP contribution in [-0.2, 0) is 4.74 Å². The van der Waals surface area contributed by atoms with E-state index < -0.39 is 7.26 Å². The fourth-order valence-electron chi connectivity index (χ4n) is 2.17. The average Bonchev–Trinajstić information content (AvgIpc) is 2.13. The largest absolute Gasteiger partial charge is 0.374 e. The summed E-state index contributed by atoms with van der Waals surface area (Å²) in [6.45, 7) is 4.79. The summed E-state index contributed by atoms with van der Waals surface area (Å²) < 4.78 is 5.44. The van der Waals surface area contributed by atoms with E-state index in [2.05, 4.69) is 11.9 Å². The Morgan fingerprint density at radius 3 is 2.17 bits per heavy atom. The van der Waals surface area contributed by atoms with Gasteiger partial charge in [-0.1, -0.05) is 0 Å². The van der Waals surface area contributed by atoms with Crippen LogP contribution in [0, 0.1) is 0 Å². The van der Waals surface area contributed by atoms with E-state index in [4.69, 9.17) is 4.74 Å². The zero-order chi connectivity index (χ0) is 8.44. The highest BCUT2D eigenvalue weighted by Crippen LogP contribution is 2.60. The van der Waals surface area contributed by atoms with E-state index in [9.17, 15) is 0 Å². The molecule has 0 unspecified atom stereocenters. The van der Waals surface area contributed by atoms with Gasteiger partial charge in [0.2, 0.25) is 0 Å². The molecule has 2 fully saturated rings. The van der Waals surface area contributed by atoms with Crippen molar-refractivity contribution < 1.29 is 4.74 Å². The lowest BCUT2D eigenvalue weighted by molar-refractivity contribution is 0.156. The number of hydrogen-bond acceptors (Lipinski definition) is 2. The Hall–Kier alpha value is 0.350. The molecule has 0 atom stereocenters. The Labute approximate surface area is 75.6 Å². The van der Waals surface area contributed by atoms with Gasteiger partial charge in [-0.2, -0.15) is 0 Å². The minimum Gasteiger partial charge on any atom is -0.374 e. The third kappa shape index (κ3) is 1.81. The highest BCUT2D eigenvalue weighted by molar-refractivity contribution is 7.76. The molecular formula is C9H19NOP+. The molecular weight excluding hydrogens is 169 g/mol. The highest BCUT2D eigenvalue weighted by Gasteiger charge is 2.41. The number of rotatable bonds is 0.